The Labute approximate surface area is 154 Å². The summed E-state index contributed by atoms with van der Waals surface area (Å²) in [6.45, 7) is 9.11. The van der Waals surface area contributed by atoms with Crippen LogP contribution in [-0.2, 0) is 4.74 Å². The molecule has 0 N–H and O–H groups in total. The summed E-state index contributed by atoms with van der Waals surface area (Å²) < 4.78 is 5.50. The summed E-state index contributed by atoms with van der Waals surface area (Å²) in [5, 5.41) is 0.554. The van der Waals surface area contributed by atoms with E-state index in [0.717, 1.165) is 24.9 Å². The van der Waals surface area contributed by atoms with Crippen LogP contribution in [0.4, 0.5) is 10.5 Å². The summed E-state index contributed by atoms with van der Waals surface area (Å²) >= 11 is 6.35. The van der Waals surface area contributed by atoms with Crippen molar-refractivity contribution in [1.29, 1.82) is 0 Å². The van der Waals surface area contributed by atoms with Crippen LogP contribution < -0.4 is 4.90 Å². The zero-order valence-electron chi connectivity index (χ0n) is 15.6. The summed E-state index contributed by atoms with van der Waals surface area (Å²) in [5.74, 6) is 0.330. The number of halogens is 1. The van der Waals surface area contributed by atoms with Crippen molar-refractivity contribution in [3.05, 3.63) is 28.8 Å². The molecule has 6 heteroatoms. The lowest BCUT2D eigenvalue weighted by molar-refractivity contribution is 0.0159. The van der Waals surface area contributed by atoms with Crippen LogP contribution in [0.15, 0.2) is 18.2 Å². The number of carbonyl (C=O) groups is 2. The summed E-state index contributed by atoms with van der Waals surface area (Å²) in [7, 11) is 1.77. The first-order valence-corrected chi connectivity index (χ1v) is 8.96. The Bertz CT molecular complexity index is 642. The highest BCUT2D eigenvalue weighted by Gasteiger charge is 2.34. The van der Waals surface area contributed by atoms with E-state index < -0.39 is 5.60 Å². The van der Waals surface area contributed by atoms with Gasteiger partial charge in [0.05, 0.1) is 16.8 Å². The van der Waals surface area contributed by atoms with Crippen LogP contribution in [0.1, 0.15) is 44.5 Å². The zero-order valence-corrected chi connectivity index (χ0v) is 16.3. The van der Waals surface area contributed by atoms with Crippen molar-refractivity contribution in [1.82, 2.24) is 4.90 Å². The molecule has 2 atom stereocenters. The Balaban J connectivity index is 2.22. The number of hydrogen-bond donors (Lipinski definition) is 0. The Morgan fingerprint density at radius 3 is 2.68 bits per heavy atom. The van der Waals surface area contributed by atoms with Gasteiger partial charge in [0, 0.05) is 25.7 Å². The largest absolute Gasteiger partial charge is 0.444 e. The number of nitrogens with zero attached hydrogens (tertiary/aromatic N) is 2. The lowest BCUT2D eigenvalue weighted by atomic mass is 9.92. The van der Waals surface area contributed by atoms with Gasteiger partial charge in [0.1, 0.15) is 5.60 Å². The van der Waals surface area contributed by atoms with Crippen LogP contribution in [-0.4, -0.2) is 49.1 Å². The fourth-order valence-corrected chi connectivity index (χ4v) is 3.49. The van der Waals surface area contributed by atoms with Gasteiger partial charge in [-0.3, -0.25) is 4.79 Å². The molecule has 5 nitrogen and oxygen atoms in total. The van der Waals surface area contributed by atoms with E-state index in [4.69, 9.17) is 16.3 Å². The van der Waals surface area contributed by atoms with Gasteiger partial charge in [0.15, 0.2) is 6.29 Å². The van der Waals surface area contributed by atoms with Crippen molar-refractivity contribution in [3.63, 3.8) is 0 Å². The van der Waals surface area contributed by atoms with Crippen molar-refractivity contribution < 1.29 is 14.3 Å². The molecule has 1 heterocycles. The van der Waals surface area contributed by atoms with Gasteiger partial charge in [-0.2, -0.15) is 0 Å². The molecule has 0 aliphatic carbocycles. The van der Waals surface area contributed by atoms with E-state index in [0.29, 0.717) is 23.0 Å². The second kappa shape index (κ2) is 7.65. The van der Waals surface area contributed by atoms with Crippen molar-refractivity contribution in [2.75, 3.05) is 25.0 Å². The molecule has 1 aromatic rings. The van der Waals surface area contributed by atoms with Gasteiger partial charge in [-0.25, -0.2) is 4.79 Å². The van der Waals surface area contributed by atoms with Crippen molar-refractivity contribution in [2.45, 2.75) is 45.8 Å². The number of rotatable bonds is 3. The maximum Gasteiger partial charge on any atom is 0.410 e. The van der Waals surface area contributed by atoms with Gasteiger partial charge in [-0.1, -0.05) is 24.6 Å². The van der Waals surface area contributed by atoms with Crippen LogP contribution in [0, 0.1) is 5.92 Å². The fraction of sp³-hybridized carbons (Fsp3) is 0.579. The quantitative estimate of drug-likeness (QED) is 0.751. The number of anilines is 1. The van der Waals surface area contributed by atoms with Crippen LogP contribution in [0.3, 0.4) is 0 Å². The predicted octanol–water partition coefficient (Wildman–Crippen LogP) is 4.23. The van der Waals surface area contributed by atoms with Crippen LogP contribution >= 0.6 is 11.6 Å². The van der Waals surface area contributed by atoms with Crippen molar-refractivity contribution >= 4 is 29.7 Å². The molecular weight excluding hydrogens is 340 g/mol. The molecule has 1 amide bonds. The molecule has 1 aliphatic heterocycles. The number of piperidine rings is 1. The molecular formula is C19H27ClN2O3. The topological polar surface area (TPSA) is 49.9 Å². The van der Waals surface area contributed by atoms with Gasteiger partial charge in [0.25, 0.3) is 0 Å². The molecule has 1 saturated heterocycles. The SMILES string of the molecule is C[C@@H]1CCN(c2c(Cl)cccc2C=O)C[C@@H]1N(C)C(=O)OC(C)(C)C. The number of aldehydes is 1. The Kier molecular flexibility index (Phi) is 5.99. The van der Waals surface area contributed by atoms with Gasteiger partial charge < -0.3 is 14.5 Å². The Morgan fingerprint density at radius 1 is 1.40 bits per heavy atom. The second-order valence-corrected chi connectivity index (χ2v) is 8.07. The lowest BCUT2D eigenvalue weighted by Crippen LogP contribution is -2.53. The molecule has 0 saturated carbocycles. The molecule has 25 heavy (non-hydrogen) atoms. The average molecular weight is 367 g/mol. The highest BCUT2D eigenvalue weighted by Crippen LogP contribution is 2.33. The minimum atomic E-state index is -0.531. The van der Waals surface area contributed by atoms with Crippen LogP contribution in [0.25, 0.3) is 0 Å². The highest BCUT2D eigenvalue weighted by atomic mass is 35.5. The van der Waals surface area contributed by atoms with Gasteiger partial charge in [-0.05, 0) is 45.2 Å². The zero-order chi connectivity index (χ0) is 18.8. The summed E-state index contributed by atoms with van der Waals surface area (Å²) in [4.78, 5) is 27.6. The molecule has 1 aliphatic rings. The molecule has 1 fully saturated rings. The second-order valence-electron chi connectivity index (χ2n) is 7.67. The number of carbonyl (C=O) groups excluding carboxylic acids is 2. The highest BCUT2D eigenvalue weighted by molar-refractivity contribution is 6.33. The lowest BCUT2D eigenvalue weighted by Gasteiger charge is -2.43. The number of hydrogen-bond acceptors (Lipinski definition) is 4. The average Bonchev–Trinajstić information content (AvgIpc) is 2.53. The Hall–Kier alpha value is -1.75. The van der Waals surface area contributed by atoms with Gasteiger partial charge in [-0.15, -0.1) is 0 Å². The first-order valence-electron chi connectivity index (χ1n) is 8.58. The predicted molar refractivity (Wildman–Crippen MR) is 101 cm³/mol. The number of likely N-dealkylation sites (N-methyl/N-ethyl adjacent to an activating group) is 1. The summed E-state index contributed by atoms with van der Waals surface area (Å²) in [6, 6.07) is 5.30. The molecule has 0 bridgehead atoms. The maximum absolute atomic E-state index is 12.4. The molecule has 0 unspecified atom stereocenters. The van der Waals surface area contributed by atoms with Gasteiger partial charge in [0.2, 0.25) is 0 Å². The number of benzene rings is 1. The molecule has 0 aromatic heterocycles. The summed E-state index contributed by atoms with van der Waals surface area (Å²) in [5.41, 5.74) is 0.783. The first-order chi connectivity index (χ1) is 11.6. The third-order valence-electron chi connectivity index (χ3n) is 4.56. The standard InChI is InChI=1S/C19H27ClN2O3/c1-13-9-10-22(17-14(12-23)7-6-8-15(17)20)11-16(13)21(5)18(24)25-19(2,3)4/h6-8,12-13,16H,9-11H2,1-5H3/t13-,16+/m1/s1. The third kappa shape index (κ3) is 4.66. The van der Waals surface area contributed by atoms with E-state index in [9.17, 15) is 9.59 Å². The Morgan fingerprint density at radius 2 is 2.08 bits per heavy atom. The normalized spacial score (nSPS) is 21.0. The van der Waals surface area contributed by atoms with E-state index in [1.165, 1.54) is 0 Å². The molecule has 1 aromatic carbocycles. The summed E-state index contributed by atoms with van der Waals surface area (Å²) in [6.07, 6.45) is 1.40. The van der Waals surface area contributed by atoms with E-state index in [1.807, 2.05) is 20.8 Å². The number of para-hydroxylation sites is 1. The molecule has 2 rings (SSSR count). The van der Waals surface area contributed by atoms with Gasteiger partial charge >= 0.3 is 6.09 Å². The van der Waals surface area contributed by atoms with E-state index >= 15 is 0 Å². The third-order valence-corrected chi connectivity index (χ3v) is 4.86. The molecule has 0 radical (unpaired) electrons. The first kappa shape index (κ1) is 19.6. The van der Waals surface area contributed by atoms with Crippen LogP contribution in [0.2, 0.25) is 5.02 Å². The van der Waals surface area contributed by atoms with Crippen molar-refractivity contribution in [2.24, 2.45) is 5.92 Å². The van der Waals surface area contributed by atoms with E-state index in [-0.39, 0.29) is 12.1 Å². The number of amides is 1. The fourth-order valence-electron chi connectivity index (χ4n) is 3.19. The molecule has 138 valence electrons. The van der Waals surface area contributed by atoms with E-state index in [2.05, 4.69) is 11.8 Å². The smallest absolute Gasteiger partial charge is 0.410 e. The van der Waals surface area contributed by atoms with Crippen molar-refractivity contribution in [3.8, 4) is 0 Å². The molecule has 0 spiro atoms. The number of ether oxygens (including phenoxy) is 1. The van der Waals surface area contributed by atoms with Crippen LogP contribution in [0.5, 0.6) is 0 Å². The maximum atomic E-state index is 12.4. The minimum absolute atomic E-state index is 0.0145. The minimum Gasteiger partial charge on any atom is -0.444 e. The van der Waals surface area contributed by atoms with E-state index in [1.54, 1.807) is 30.1 Å². The monoisotopic (exact) mass is 366 g/mol.